The summed E-state index contributed by atoms with van der Waals surface area (Å²) in [6.07, 6.45) is 1.59. The predicted molar refractivity (Wildman–Crippen MR) is 68.0 cm³/mol. The molecule has 7 heteroatoms. The van der Waals surface area contributed by atoms with Gasteiger partial charge in [-0.05, 0) is 0 Å². The van der Waals surface area contributed by atoms with Crippen LogP contribution < -0.4 is 11.5 Å². The van der Waals surface area contributed by atoms with Gasteiger partial charge in [0, 0.05) is 17.2 Å². The molecule has 4 heterocycles. The second-order valence-corrected chi connectivity index (χ2v) is 5.57. The van der Waals surface area contributed by atoms with Crippen molar-refractivity contribution in [2.24, 2.45) is 5.41 Å². The van der Waals surface area contributed by atoms with E-state index in [0.29, 0.717) is 31.2 Å². The SMILES string of the molecule is C[C@@H](c1cnc(N)nc1N)C12OCC(C)(CO1)CO2. The van der Waals surface area contributed by atoms with Crippen molar-refractivity contribution in [2.45, 2.75) is 25.7 Å². The zero-order valence-corrected chi connectivity index (χ0v) is 11.0. The highest BCUT2D eigenvalue weighted by Gasteiger charge is 2.54. The summed E-state index contributed by atoms with van der Waals surface area (Å²) in [4.78, 5) is 7.93. The Morgan fingerprint density at radius 1 is 1.21 bits per heavy atom. The van der Waals surface area contributed by atoms with Crippen LogP contribution >= 0.6 is 0 Å². The molecule has 2 bridgehead atoms. The number of ether oxygens (including phenoxy) is 3. The third-order valence-electron chi connectivity index (χ3n) is 3.73. The molecule has 0 spiro atoms. The van der Waals surface area contributed by atoms with Crippen LogP contribution in [0.2, 0.25) is 0 Å². The maximum absolute atomic E-state index is 5.88. The van der Waals surface area contributed by atoms with E-state index in [1.165, 1.54) is 0 Å². The Hall–Kier alpha value is -1.44. The van der Waals surface area contributed by atoms with Crippen LogP contribution in [0, 0.1) is 5.41 Å². The summed E-state index contributed by atoms with van der Waals surface area (Å²) in [5, 5.41) is 0. The van der Waals surface area contributed by atoms with Crippen molar-refractivity contribution in [1.29, 1.82) is 0 Å². The Morgan fingerprint density at radius 2 is 1.79 bits per heavy atom. The third-order valence-corrected chi connectivity index (χ3v) is 3.73. The largest absolute Gasteiger partial charge is 0.383 e. The highest BCUT2D eigenvalue weighted by molar-refractivity contribution is 5.44. The number of nitrogens with zero attached hydrogens (tertiary/aromatic N) is 2. The number of aromatic nitrogens is 2. The fourth-order valence-electron chi connectivity index (χ4n) is 2.39. The second kappa shape index (κ2) is 4.03. The third kappa shape index (κ3) is 1.94. The number of rotatable bonds is 2. The van der Waals surface area contributed by atoms with E-state index in [2.05, 4.69) is 16.9 Å². The Balaban J connectivity index is 1.89. The highest BCUT2D eigenvalue weighted by Crippen LogP contribution is 2.45. The van der Waals surface area contributed by atoms with Gasteiger partial charge in [0.05, 0.1) is 25.7 Å². The first kappa shape index (κ1) is 12.6. The zero-order valence-electron chi connectivity index (χ0n) is 11.0. The van der Waals surface area contributed by atoms with Crippen LogP contribution in [0.15, 0.2) is 6.20 Å². The Kier molecular flexibility index (Phi) is 2.67. The first-order valence-corrected chi connectivity index (χ1v) is 6.24. The van der Waals surface area contributed by atoms with Crippen LogP contribution in [0.4, 0.5) is 11.8 Å². The Labute approximate surface area is 111 Å². The van der Waals surface area contributed by atoms with E-state index in [-0.39, 0.29) is 17.3 Å². The fourth-order valence-corrected chi connectivity index (χ4v) is 2.39. The van der Waals surface area contributed by atoms with E-state index in [0.717, 1.165) is 0 Å². The normalized spacial score (nSPS) is 35.3. The molecule has 1 aromatic rings. The van der Waals surface area contributed by atoms with Crippen LogP contribution in [-0.4, -0.2) is 35.8 Å². The van der Waals surface area contributed by atoms with Crippen molar-refractivity contribution in [3.63, 3.8) is 0 Å². The van der Waals surface area contributed by atoms with Crippen molar-refractivity contribution in [2.75, 3.05) is 31.3 Å². The van der Waals surface area contributed by atoms with Crippen LogP contribution in [0.1, 0.15) is 25.3 Å². The molecule has 19 heavy (non-hydrogen) atoms. The quantitative estimate of drug-likeness (QED) is 0.802. The van der Waals surface area contributed by atoms with Crippen molar-refractivity contribution in [1.82, 2.24) is 9.97 Å². The number of hydrogen-bond donors (Lipinski definition) is 2. The molecule has 0 radical (unpaired) electrons. The maximum atomic E-state index is 5.88. The molecule has 3 aliphatic heterocycles. The lowest BCUT2D eigenvalue weighted by Gasteiger charge is -2.52. The summed E-state index contributed by atoms with van der Waals surface area (Å²) < 4.78 is 17.3. The minimum atomic E-state index is -1.09. The van der Waals surface area contributed by atoms with Gasteiger partial charge in [-0.25, -0.2) is 4.98 Å². The van der Waals surface area contributed by atoms with Gasteiger partial charge in [0.25, 0.3) is 5.97 Å². The molecule has 0 amide bonds. The van der Waals surface area contributed by atoms with Crippen LogP contribution in [-0.2, 0) is 14.2 Å². The molecule has 104 valence electrons. The Bertz CT molecular complexity index is 483. The van der Waals surface area contributed by atoms with Gasteiger partial charge in [0.2, 0.25) is 5.95 Å². The van der Waals surface area contributed by atoms with E-state index in [4.69, 9.17) is 25.7 Å². The number of fused-ring (bicyclic) bond motifs is 3. The average Bonchev–Trinajstić information content (AvgIpc) is 2.39. The van der Waals surface area contributed by atoms with Gasteiger partial charge in [0.15, 0.2) is 0 Å². The summed E-state index contributed by atoms with van der Waals surface area (Å²) in [6, 6.07) is 0. The number of nitrogen functional groups attached to an aromatic ring is 2. The smallest absolute Gasteiger partial charge is 0.290 e. The number of hydrogen-bond acceptors (Lipinski definition) is 7. The van der Waals surface area contributed by atoms with Gasteiger partial charge >= 0.3 is 0 Å². The van der Waals surface area contributed by atoms with E-state index < -0.39 is 5.97 Å². The molecule has 3 fully saturated rings. The molecular weight excluding hydrogens is 248 g/mol. The van der Waals surface area contributed by atoms with Crippen LogP contribution in [0.5, 0.6) is 0 Å². The first-order valence-electron chi connectivity index (χ1n) is 6.24. The van der Waals surface area contributed by atoms with E-state index in [1.807, 2.05) is 6.92 Å². The van der Waals surface area contributed by atoms with Crippen LogP contribution in [0.3, 0.4) is 0 Å². The average molecular weight is 266 g/mol. The minimum Gasteiger partial charge on any atom is -0.383 e. The first-order chi connectivity index (χ1) is 8.94. The van der Waals surface area contributed by atoms with E-state index >= 15 is 0 Å². The lowest BCUT2D eigenvalue weighted by Crippen LogP contribution is -2.61. The summed E-state index contributed by atoms with van der Waals surface area (Å²) in [7, 11) is 0. The van der Waals surface area contributed by atoms with Gasteiger partial charge in [0.1, 0.15) is 5.82 Å². The van der Waals surface area contributed by atoms with Crippen molar-refractivity contribution < 1.29 is 14.2 Å². The molecule has 0 saturated carbocycles. The number of anilines is 2. The molecule has 0 aliphatic carbocycles. The number of nitrogens with two attached hydrogens (primary N) is 2. The Morgan fingerprint density at radius 3 is 2.32 bits per heavy atom. The topological polar surface area (TPSA) is 106 Å². The fraction of sp³-hybridized carbons (Fsp3) is 0.667. The molecule has 1 atom stereocenters. The maximum Gasteiger partial charge on any atom is 0.290 e. The van der Waals surface area contributed by atoms with E-state index in [1.54, 1.807) is 6.20 Å². The van der Waals surface area contributed by atoms with Gasteiger partial charge in [-0.1, -0.05) is 13.8 Å². The van der Waals surface area contributed by atoms with Crippen molar-refractivity contribution in [3.05, 3.63) is 11.8 Å². The standard InChI is InChI=1S/C12H18N4O3/c1-7(8-3-15-10(14)16-9(8)13)12-17-4-11(2,5-18-12)6-19-12/h3,7H,4-6H2,1-2H3,(H4,13,14,15,16)/t7-,11?,12?/m0/s1. The van der Waals surface area contributed by atoms with Gasteiger partial charge in [-0.15, -0.1) is 0 Å². The molecule has 4 rings (SSSR count). The van der Waals surface area contributed by atoms with Gasteiger partial charge in [-0.2, -0.15) is 4.98 Å². The van der Waals surface area contributed by atoms with Crippen molar-refractivity contribution >= 4 is 11.8 Å². The molecule has 7 nitrogen and oxygen atoms in total. The van der Waals surface area contributed by atoms with Gasteiger partial charge in [-0.3, -0.25) is 0 Å². The summed E-state index contributed by atoms with van der Waals surface area (Å²) in [5.74, 6) is -0.860. The second-order valence-electron chi connectivity index (χ2n) is 5.57. The monoisotopic (exact) mass is 266 g/mol. The summed E-state index contributed by atoms with van der Waals surface area (Å²) in [5.41, 5.74) is 12.0. The summed E-state index contributed by atoms with van der Waals surface area (Å²) >= 11 is 0. The van der Waals surface area contributed by atoms with E-state index in [9.17, 15) is 0 Å². The lowest BCUT2D eigenvalue weighted by molar-refractivity contribution is -0.472. The minimum absolute atomic E-state index is 0.0649. The molecule has 1 aromatic heterocycles. The molecule has 3 saturated heterocycles. The summed E-state index contributed by atoms with van der Waals surface area (Å²) in [6.45, 7) is 5.80. The molecular formula is C12H18N4O3. The molecule has 0 unspecified atom stereocenters. The van der Waals surface area contributed by atoms with Gasteiger partial charge < -0.3 is 25.7 Å². The molecule has 4 N–H and O–H groups in total. The lowest BCUT2D eigenvalue weighted by atomic mass is 9.89. The predicted octanol–water partition coefficient (Wildman–Crippen LogP) is 0.482. The zero-order chi connectivity index (χ0) is 13.7. The van der Waals surface area contributed by atoms with Crippen molar-refractivity contribution in [3.8, 4) is 0 Å². The van der Waals surface area contributed by atoms with Crippen LogP contribution in [0.25, 0.3) is 0 Å². The molecule has 3 aliphatic rings. The highest BCUT2D eigenvalue weighted by atomic mass is 16.9. The molecule has 0 aromatic carbocycles.